The lowest BCUT2D eigenvalue weighted by atomic mass is 10.5. The van der Waals surface area contributed by atoms with Gasteiger partial charge < -0.3 is 4.74 Å². The Bertz CT molecular complexity index is 68.6. The molecule has 0 aliphatic rings. The van der Waals surface area contributed by atoms with E-state index < -0.39 is 0 Å². The highest BCUT2D eigenvalue weighted by atomic mass is 16.8. The van der Waals surface area contributed by atoms with Crippen LogP contribution in [0.5, 0.6) is 0 Å². The molecule has 62 valence electrons. The smallest absolute Gasteiger partial charge is 0.176 e. The van der Waals surface area contributed by atoms with Gasteiger partial charge in [0.2, 0.25) is 0 Å². The highest BCUT2D eigenvalue weighted by molar-refractivity contribution is 4.35. The first-order chi connectivity index (χ1) is 4.85. The summed E-state index contributed by atoms with van der Waals surface area (Å²) in [4.78, 5) is 5.11. The molecule has 0 amide bonds. The van der Waals surface area contributed by atoms with Gasteiger partial charge in [-0.25, -0.2) is 0 Å². The van der Waals surface area contributed by atoms with Crippen LogP contribution in [-0.2, 0) is 9.57 Å². The Morgan fingerprint density at radius 2 is 2.00 bits per heavy atom. The van der Waals surface area contributed by atoms with Crippen molar-refractivity contribution in [3.05, 3.63) is 0 Å². The van der Waals surface area contributed by atoms with Gasteiger partial charge in [-0.2, -0.15) is 5.48 Å². The van der Waals surface area contributed by atoms with Crippen LogP contribution < -0.4 is 5.48 Å². The normalized spacial score (nSPS) is 13.5. The van der Waals surface area contributed by atoms with E-state index in [1.54, 1.807) is 0 Å². The number of rotatable bonds is 6. The fourth-order valence-electron chi connectivity index (χ4n) is 0.597. The van der Waals surface area contributed by atoms with Crippen LogP contribution in [0.4, 0.5) is 0 Å². The van der Waals surface area contributed by atoms with E-state index in [1.807, 2.05) is 20.8 Å². The maximum absolute atomic E-state index is 5.21. The number of hydroxylamine groups is 1. The van der Waals surface area contributed by atoms with Crippen LogP contribution in [0, 0.1) is 0 Å². The average molecular weight is 147 g/mol. The zero-order valence-electron chi connectivity index (χ0n) is 7.02. The van der Waals surface area contributed by atoms with Crippen LogP contribution in [0.2, 0.25) is 0 Å². The van der Waals surface area contributed by atoms with Crippen LogP contribution >= 0.6 is 0 Å². The van der Waals surface area contributed by atoms with Gasteiger partial charge in [0.15, 0.2) is 6.29 Å². The summed E-state index contributed by atoms with van der Waals surface area (Å²) in [6.45, 7) is 7.47. The lowest BCUT2D eigenvalue weighted by molar-refractivity contribution is -0.177. The zero-order chi connectivity index (χ0) is 7.82. The summed E-state index contributed by atoms with van der Waals surface area (Å²) in [5.41, 5.74) is 2.76. The van der Waals surface area contributed by atoms with E-state index in [-0.39, 0.29) is 6.29 Å². The van der Waals surface area contributed by atoms with Crippen molar-refractivity contribution >= 4 is 0 Å². The molecule has 0 aliphatic carbocycles. The molecule has 1 unspecified atom stereocenters. The molecular weight excluding hydrogens is 130 g/mol. The lowest BCUT2D eigenvalue weighted by Gasteiger charge is -2.14. The summed E-state index contributed by atoms with van der Waals surface area (Å²) in [6.07, 6.45) is 0.783. The molecule has 1 N–H and O–H groups in total. The van der Waals surface area contributed by atoms with Gasteiger partial charge >= 0.3 is 0 Å². The van der Waals surface area contributed by atoms with E-state index in [0.29, 0.717) is 6.61 Å². The number of hydrogen-bond acceptors (Lipinski definition) is 3. The molecule has 0 fully saturated rings. The first kappa shape index (κ1) is 9.88. The molecule has 0 aliphatic heterocycles. The predicted octanol–water partition coefficient (Wildman–Crippen LogP) is 1.30. The van der Waals surface area contributed by atoms with Gasteiger partial charge in [0.25, 0.3) is 0 Å². The molecule has 0 heterocycles. The SMILES string of the molecule is CCNOC(CC)OCC. The van der Waals surface area contributed by atoms with Gasteiger partial charge in [0.1, 0.15) is 0 Å². The van der Waals surface area contributed by atoms with Crippen LogP contribution in [0.1, 0.15) is 27.2 Å². The third-order valence-electron chi connectivity index (χ3n) is 1.05. The fourth-order valence-corrected chi connectivity index (χ4v) is 0.597. The summed E-state index contributed by atoms with van der Waals surface area (Å²) >= 11 is 0. The number of hydrogen-bond donors (Lipinski definition) is 1. The van der Waals surface area contributed by atoms with Crippen LogP contribution in [0.3, 0.4) is 0 Å². The van der Waals surface area contributed by atoms with Crippen molar-refractivity contribution in [1.29, 1.82) is 0 Å². The van der Waals surface area contributed by atoms with Crippen LogP contribution in [-0.4, -0.2) is 19.4 Å². The Hall–Kier alpha value is -0.120. The van der Waals surface area contributed by atoms with Crippen molar-refractivity contribution < 1.29 is 9.57 Å². The highest BCUT2D eigenvalue weighted by Gasteiger charge is 2.02. The lowest BCUT2D eigenvalue weighted by Crippen LogP contribution is -2.25. The Morgan fingerprint density at radius 3 is 2.40 bits per heavy atom. The van der Waals surface area contributed by atoms with Crippen molar-refractivity contribution in [2.45, 2.75) is 33.5 Å². The number of nitrogens with one attached hydrogen (secondary N) is 1. The standard InChI is InChI=1S/C7H17NO2/c1-4-7(9-6-3)10-8-5-2/h7-8H,4-6H2,1-3H3. The van der Waals surface area contributed by atoms with Gasteiger partial charge in [-0.15, -0.1) is 0 Å². The highest BCUT2D eigenvalue weighted by Crippen LogP contribution is 1.96. The quantitative estimate of drug-likeness (QED) is 0.454. The topological polar surface area (TPSA) is 30.5 Å². The molecule has 0 saturated heterocycles. The monoisotopic (exact) mass is 147 g/mol. The summed E-state index contributed by atoms with van der Waals surface area (Å²) < 4.78 is 5.21. The third kappa shape index (κ3) is 4.73. The fraction of sp³-hybridized carbons (Fsp3) is 1.00. The summed E-state index contributed by atoms with van der Waals surface area (Å²) in [5, 5.41) is 0. The van der Waals surface area contributed by atoms with Gasteiger partial charge in [-0.1, -0.05) is 13.8 Å². The van der Waals surface area contributed by atoms with E-state index in [2.05, 4.69) is 5.48 Å². The van der Waals surface area contributed by atoms with Gasteiger partial charge in [-0.05, 0) is 13.3 Å². The molecule has 0 aromatic heterocycles. The predicted molar refractivity (Wildman–Crippen MR) is 40.5 cm³/mol. The van der Waals surface area contributed by atoms with Crippen molar-refractivity contribution in [3.63, 3.8) is 0 Å². The van der Waals surface area contributed by atoms with E-state index >= 15 is 0 Å². The zero-order valence-corrected chi connectivity index (χ0v) is 7.02. The Labute approximate surface area is 62.7 Å². The third-order valence-corrected chi connectivity index (χ3v) is 1.05. The van der Waals surface area contributed by atoms with Crippen molar-refractivity contribution in [2.75, 3.05) is 13.2 Å². The molecule has 0 aromatic carbocycles. The molecule has 0 spiro atoms. The minimum Gasteiger partial charge on any atom is -0.351 e. The van der Waals surface area contributed by atoms with Gasteiger partial charge in [-0.3, -0.25) is 4.84 Å². The van der Waals surface area contributed by atoms with Crippen molar-refractivity contribution in [1.82, 2.24) is 5.48 Å². The second-order valence-electron chi connectivity index (χ2n) is 1.91. The van der Waals surface area contributed by atoms with Crippen LogP contribution in [0.25, 0.3) is 0 Å². The van der Waals surface area contributed by atoms with E-state index in [0.717, 1.165) is 13.0 Å². The minimum absolute atomic E-state index is 0.0926. The van der Waals surface area contributed by atoms with Crippen LogP contribution in [0.15, 0.2) is 0 Å². The molecule has 10 heavy (non-hydrogen) atoms. The van der Waals surface area contributed by atoms with E-state index in [9.17, 15) is 0 Å². The Balaban J connectivity index is 3.21. The minimum atomic E-state index is -0.0926. The molecular formula is C7H17NO2. The second kappa shape index (κ2) is 6.99. The van der Waals surface area contributed by atoms with Crippen molar-refractivity contribution in [2.24, 2.45) is 0 Å². The summed E-state index contributed by atoms with van der Waals surface area (Å²) in [7, 11) is 0. The first-order valence-electron chi connectivity index (χ1n) is 3.85. The molecule has 0 saturated carbocycles. The van der Waals surface area contributed by atoms with Gasteiger partial charge in [0.05, 0.1) is 0 Å². The maximum atomic E-state index is 5.21. The Kier molecular flexibility index (Phi) is 6.91. The molecule has 3 nitrogen and oxygen atoms in total. The van der Waals surface area contributed by atoms with E-state index in [1.165, 1.54) is 0 Å². The van der Waals surface area contributed by atoms with Gasteiger partial charge in [0, 0.05) is 13.2 Å². The summed E-state index contributed by atoms with van der Waals surface area (Å²) in [6, 6.07) is 0. The molecule has 3 heteroatoms. The summed E-state index contributed by atoms with van der Waals surface area (Å²) in [5.74, 6) is 0. The van der Waals surface area contributed by atoms with E-state index in [4.69, 9.17) is 9.57 Å². The second-order valence-corrected chi connectivity index (χ2v) is 1.91. The number of ether oxygens (including phenoxy) is 1. The molecule has 0 rings (SSSR count). The largest absolute Gasteiger partial charge is 0.351 e. The van der Waals surface area contributed by atoms with Crippen molar-refractivity contribution in [3.8, 4) is 0 Å². The Morgan fingerprint density at radius 1 is 1.30 bits per heavy atom. The molecule has 0 aromatic rings. The maximum Gasteiger partial charge on any atom is 0.176 e. The average Bonchev–Trinajstić information content (AvgIpc) is 1.98. The molecule has 1 atom stereocenters. The molecule has 0 radical (unpaired) electrons. The first-order valence-corrected chi connectivity index (χ1v) is 3.85. The molecule has 0 bridgehead atoms.